The van der Waals surface area contributed by atoms with Crippen molar-refractivity contribution >= 4 is 10.1 Å². The summed E-state index contributed by atoms with van der Waals surface area (Å²) >= 11 is 0. The average molecular weight is 476 g/mol. The van der Waals surface area contributed by atoms with Gasteiger partial charge in [-0.15, -0.1) is 0 Å². The Morgan fingerprint density at radius 2 is 1.73 bits per heavy atom. The molecule has 3 rings (SSSR count). The van der Waals surface area contributed by atoms with Crippen molar-refractivity contribution in [3.8, 4) is 17.2 Å². The van der Waals surface area contributed by atoms with Crippen LogP contribution in [0.1, 0.15) is 32.0 Å². The van der Waals surface area contributed by atoms with E-state index in [2.05, 4.69) is 4.98 Å². The largest absolute Gasteiger partial charge is 0.493 e. The second-order valence-electron chi connectivity index (χ2n) is 7.02. The number of aromatic nitrogens is 1. The summed E-state index contributed by atoms with van der Waals surface area (Å²) in [4.78, 5) is 4.50. The Morgan fingerprint density at radius 3 is 2.36 bits per heavy atom. The molecule has 0 aliphatic rings. The van der Waals surface area contributed by atoms with Crippen LogP contribution in [0.5, 0.6) is 5.75 Å². The van der Waals surface area contributed by atoms with Crippen molar-refractivity contribution in [3.63, 3.8) is 0 Å². The van der Waals surface area contributed by atoms with Crippen LogP contribution in [0.2, 0.25) is 0 Å². The van der Waals surface area contributed by atoms with Gasteiger partial charge in [-0.2, -0.15) is 8.42 Å². The van der Waals surface area contributed by atoms with Gasteiger partial charge in [0.05, 0.1) is 31.3 Å². The number of ether oxygens (including phenoxy) is 2. The van der Waals surface area contributed by atoms with Crippen LogP contribution in [-0.4, -0.2) is 45.6 Å². The highest BCUT2D eigenvalue weighted by atomic mass is 32.2. The third-order valence-electron chi connectivity index (χ3n) is 4.46. The molecule has 0 spiro atoms. The Balaban J connectivity index is 0.00000187. The minimum atomic E-state index is -3.50. The Hall–Kier alpha value is -2.68. The van der Waals surface area contributed by atoms with Crippen LogP contribution < -0.4 is 4.74 Å². The van der Waals surface area contributed by atoms with Crippen molar-refractivity contribution < 1.29 is 26.5 Å². The first-order valence-corrected chi connectivity index (χ1v) is 12.9. The van der Waals surface area contributed by atoms with E-state index in [1.165, 1.54) is 0 Å². The monoisotopic (exact) mass is 475 g/mol. The molecule has 0 aliphatic heterocycles. The fourth-order valence-electron chi connectivity index (χ4n) is 2.99. The first-order valence-electron chi connectivity index (χ1n) is 11.1. The maximum Gasteiger partial charge on any atom is 0.264 e. The van der Waals surface area contributed by atoms with Crippen molar-refractivity contribution in [3.05, 3.63) is 72.1 Å². The van der Waals surface area contributed by atoms with Gasteiger partial charge >= 0.3 is 0 Å². The predicted octanol–water partition coefficient (Wildman–Crippen LogP) is 4.91. The smallest absolute Gasteiger partial charge is 0.264 e. The van der Waals surface area contributed by atoms with Gasteiger partial charge < -0.3 is 13.9 Å². The zero-order valence-corrected chi connectivity index (χ0v) is 20.5. The van der Waals surface area contributed by atoms with E-state index in [0.29, 0.717) is 31.9 Å². The van der Waals surface area contributed by atoms with Gasteiger partial charge in [-0.1, -0.05) is 44.2 Å². The van der Waals surface area contributed by atoms with Gasteiger partial charge in [-0.3, -0.25) is 4.18 Å². The molecule has 3 aromatic rings. The molecule has 1 atom stereocenters. The number of rotatable bonds is 12. The highest BCUT2D eigenvalue weighted by Gasteiger charge is 2.14. The SMILES string of the molecule is CC.CCOC(COS(C)(=O)=O)Cc1ccc(OCCc2coc(-c3ccccc3)n2)cc1. The zero-order chi connectivity index (χ0) is 24.1. The molecular formula is C25H33NO6S. The molecule has 33 heavy (non-hydrogen) atoms. The van der Waals surface area contributed by atoms with Crippen LogP contribution in [0, 0.1) is 0 Å². The van der Waals surface area contributed by atoms with Gasteiger partial charge in [0.2, 0.25) is 5.89 Å². The summed E-state index contributed by atoms with van der Waals surface area (Å²) in [6, 6.07) is 17.4. The first kappa shape index (κ1) is 26.6. The molecule has 0 aliphatic carbocycles. The molecule has 2 aromatic carbocycles. The number of hydrogen-bond donors (Lipinski definition) is 0. The molecule has 0 amide bonds. The van der Waals surface area contributed by atoms with Crippen molar-refractivity contribution in [2.24, 2.45) is 0 Å². The lowest BCUT2D eigenvalue weighted by molar-refractivity contribution is 0.0301. The number of hydrogen-bond acceptors (Lipinski definition) is 7. The van der Waals surface area contributed by atoms with Crippen molar-refractivity contribution in [2.45, 2.75) is 39.7 Å². The van der Waals surface area contributed by atoms with Crippen molar-refractivity contribution in [1.82, 2.24) is 4.98 Å². The van der Waals surface area contributed by atoms with E-state index in [0.717, 1.165) is 28.8 Å². The van der Waals surface area contributed by atoms with E-state index in [9.17, 15) is 8.42 Å². The minimum Gasteiger partial charge on any atom is -0.493 e. The summed E-state index contributed by atoms with van der Waals surface area (Å²) in [5.74, 6) is 1.35. The number of oxazole rings is 1. The van der Waals surface area contributed by atoms with Gasteiger partial charge in [-0.05, 0) is 36.8 Å². The normalized spacial score (nSPS) is 12.0. The quantitative estimate of drug-likeness (QED) is 0.344. The van der Waals surface area contributed by atoms with Crippen LogP contribution >= 0.6 is 0 Å². The highest BCUT2D eigenvalue weighted by molar-refractivity contribution is 7.85. The van der Waals surface area contributed by atoms with E-state index in [-0.39, 0.29) is 12.7 Å². The van der Waals surface area contributed by atoms with Gasteiger partial charge in [-0.25, -0.2) is 4.98 Å². The third-order valence-corrected chi connectivity index (χ3v) is 5.02. The number of benzene rings is 2. The molecule has 0 bridgehead atoms. The van der Waals surface area contributed by atoms with E-state index in [1.807, 2.05) is 75.4 Å². The van der Waals surface area contributed by atoms with Gasteiger partial charge in [0.1, 0.15) is 12.0 Å². The summed E-state index contributed by atoms with van der Waals surface area (Å²) in [5, 5.41) is 0. The van der Waals surface area contributed by atoms with Gasteiger partial charge in [0, 0.05) is 25.0 Å². The molecule has 7 nitrogen and oxygen atoms in total. The van der Waals surface area contributed by atoms with Crippen molar-refractivity contribution in [2.75, 3.05) is 26.1 Å². The predicted molar refractivity (Wildman–Crippen MR) is 129 cm³/mol. The molecule has 0 saturated heterocycles. The lowest BCUT2D eigenvalue weighted by Gasteiger charge is -2.16. The van der Waals surface area contributed by atoms with E-state index >= 15 is 0 Å². The molecule has 0 fully saturated rings. The second-order valence-corrected chi connectivity index (χ2v) is 8.67. The summed E-state index contributed by atoms with van der Waals surface area (Å²) in [6.45, 7) is 6.81. The second kappa shape index (κ2) is 13.8. The Kier molecular flexibility index (Phi) is 11.1. The summed E-state index contributed by atoms with van der Waals surface area (Å²) in [5.41, 5.74) is 2.78. The fraction of sp³-hybridized carbons (Fsp3) is 0.400. The zero-order valence-electron chi connectivity index (χ0n) is 19.7. The van der Waals surface area contributed by atoms with Gasteiger partial charge in [0.15, 0.2) is 0 Å². The molecule has 180 valence electrons. The molecule has 1 unspecified atom stereocenters. The Labute approximate surface area is 196 Å². The van der Waals surface area contributed by atoms with Crippen LogP contribution in [0.4, 0.5) is 0 Å². The molecule has 1 aromatic heterocycles. The summed E-state index contributed by atoms with van der Waals surface area (Å²) in [7, 11) is -3.50. The van der Waals surface area contributed by atoms with Crippen LogP contribution in [0.25, 0.3) is 11.5 Å². The standard InChI is InChI=1S/C23H27NO6S.C2H6/c1-3-27-22(17-30-31(2,25)26)15-18-9-11-21(12-10-18)28-14-13-20-16-29-23(24-20)19-7-5-4-6-8-19;1-2/h4-12,16,22H,3,13-15,17H2,1-2H3;1-2H3. The van der Waals surface area contributed by atoms with Crippen LogP contribution in [0.15, 0.2) is 65.3 Å². The van der Waals surface area contributed by atoms with E-state index in [4.69, 9.17) is 18.1 Å². The lowest BCUT2D eigenvalue weighted by Crippen LogP contribution is -2.24. The fourth-order valence-corrected chi connectivity index (χ4v) is 3.39. The molecular weight excluding hydrogens is 442 g/mol. The van der Waals surface area contributed by atoms with Crippen molar-refractivity contribution in [1.29, 1.82) is 0 Å². The topological polar surface area (TPSA) is 87.9 Å². The molecule has 1 heterocycles. The Bertz CT molecular complexity index is 1030. The maximum absolute atomic E-state index is 11.2. The molecule has 0 saturated carbocycles. The molecule has 8 heteroatoms. The third kappa shape index (κ3) is 9.77. The molecule has 0 radical (unpaired) electrons. The summed E-state index contributed by atoms with van der Waals surface area (Å²) < 4.78 is 44.2. The minimum absolute atomic E-state index is 0.00635. The lowest BCUT2D eigenvalue weighted by atomic mass is 10.1. The summed E-state index contributed by atoms with van der Waals surface area (Å²) in [6.07, 6.45) is 3.53. The van der Waals surface area contributed by atoms with E-state index in [1.54, 1.807) is 6.26 Å². The average Bonchev–Trinajstić information content (AvgIpc) is 3.29. The van der Waals surface area contributed by atoms with Crippen LogP contribution in [0.3, 0.4) is 0 Å². The number of nitrogens with zero attached hydrogens (tertiary/aromatic N) is 1. The highest BCUT2D eigenvalue weighted by Crippen LogP contribution is 2.19. The van der Waals surface area contributed by atoms with Gasteiger partial charge in [0.25, 0.3) is 10.1 Å². The molecule has 0 N–H and O–H groups in total. The first-order chi connectivity index (χ1) is 15.9. The Morgan fingerprint density at radius 1 is 1.03 bits per heavy atom. The maximum atomic E-state index is 11.2. The van der Waals surface area contributed by atoms with E-state index < -0.39 is 10.1 Å². The van der Waals surface area contributed by atoms with Crippen LogP contribution in [-0.2, 0) is 31.9 Å².